The van der Waals surface area contributed by atoms with E-state index in [9.17, 15) is 0 Å². The van der Waals surface area contributed by atoms with E-state index >= 15 is 0 Å². The maximum absolute atomic E-state index is 4.97. The molecule has 0 aromatic carbocycles. The predicted molar refractivity (Wildman–Crippen MR) is 39.7 cm³/mol. The van der Waals surface area contributed by atoms with Crippen LogP contribution in [0.15, 0.2) is 12.3 Å². The van der Waals surface area contributed by atoms with Crippen LogP contribution in [0.1, 0.15) is 0 Å². The van der Waals surface area contributed by atoms with E-state index in [0.717, 1.165) is 0 Å². The maximum atomic E-state index is 4.97. The van der Waals surface area contributed by atoms with Gasteiger partial charge in [0.25, 0.3) is 5.60 Å². The van der Waals surface area contributed by atoms with Crippen LogP contribution in [0.3, 0.4) is 0 Å². The molecule has 0 aliphatic carbocycles. The Morgan fingerprint density at radius 2 is 1.60 bits per heavy atom. The monoisotopic (exact) mass is 160 g/mol. The molecule has 0 spiro atoms. The maximum Gasteiger partial charge on any atom is 0.255 e. The van der Waals surface area contributed by atoms with Gasteiger partial charge in [-0.05, 0) is 0 Å². The lowest BCUT2D eigenvalue weighted by Gasteiger charge is -2.26. The lowest BCUT2D eigenvalue weighted by molar-refractivity contribution is -0.294. The first-order valence-corrected chi connectivity index (χ1v) is 3.86. The van der Waals surface area contributed by atoms with E-state index < -0.39 is 5.60 Å². The van der Waals surface area contributed by atoms with Gasteiger partial charge in [0.1, 0.15) is 0 Å². The largest absolute Gasteiger partial charge is 0.335 e. The zero-order valence-corrected chi connectivity index (χ0v) is 7.51. The highest BCUT2D eigenvalue weighted by molar-refractivity contribution is 6.44. The van der Waals surface area contributed by atoms with Gasteiger partial charge in [-0.3, -0.25) is 0 Å². The van der Waals surface area contributed by atoms with Crippen molar-refractivity contribution >= 4 is 9.52 Å². The topological polar surface area (TPSA) is 27.7 Å². The van der Waals surface area contributed by atoms with Gasteiger partial charge in [0.05, 0.1) is 0 Å². The number of methoxy groups -OCH3 is 3. The summed E-state index contributed by atoms with van der Waals surface area (Å²) in [7, 11) is 4.87. The van der Waals surface area contributed by atoms with Gasteiger partial charge in [0.15, 0.2) is 9.52 Å². The summed E-state index contributed by atoms with van der Waals surface area (Å²) >= 11 is 0. The van der Waals surface area contributed by atoms with Crippen molar-refractivity contribution in [2.24, 2.45) is 0 Å². The first kappa shape index (κ1) is 9.84. The second-order valence-corrected chi connectivity index (χ2v) is 2.83. The lowest BCUT2D eigenvalue weighted by atomic mass is 11.1. The molecule has 0 fully saturated rings. The SMILES string of the molecule is C=C[Si]C(OC)(OC)OC. The highest BCUT2D eigenvalue weighted by atomic mass is 28.2. The Labute approximate surface area is 63.8 Å². The van der Waals surface area contributed by atoms with Crippen molar-refractivity contribution in [3.05, 3.63) is 12.3 Å². The van der Waals surface area contributed by atoms with Gasteiger partial charge in [-0.1, -0.05) is 5.70 Å². The van der Waals surface area contributed by atoms with Crippen LogP contribution in [0.4, 0.5) is 0 Å². The highest BCUT2D eigenvalue weighted by Crippen LogP contribution is 2.09. The normalized spacial score (nSPS) is 11.5. The molecule has 0 rings (SSSR count). The highest BCUT2D eigenvalue weighted by Gasteiger charge is 2.27. The van der Waals surface area contributed by atoms with Crippen LogP contribution in [0.25, 0.3) is 0 Å². The van der Waals surface area contributed by atoms with E-state index in [1.807, 2.05) is 0 Å². The molecular formula is C6H12O3Si. The van der Waals surface area contributed by atoms with Crippen LogP contribution in [-0.4, -0.2) is 36.4 Å². The molecule has 0 saturated heterocycles. The molecule has 0 saturated carbocycles. The lowest BCUT2D eigenvalue weighted by Crippen LogP contribution is -2.41. The minimum Gasteiger partial charge on any atom is -0.335 e. The standard InChI is InChI=1S/C6H12O3Si/c1-5-10-6(7-2,8-3)9-4/h5H,1H2,2-4H3. The van der Waals surface area contributed by atoms with Crippen molar-refractivity contribution in [3.63, 3.8) is 0 Å². The molecule has 0 heterocycles. The third-order valence-electron chi connectivity index (χ3n) is 1.09. The average Bonchev–Trinajstić information content (AvgIpc) is 2.01. The number of hydrogen-bond acceptors (Lipinski definition) is 3. The summed E-state index contributed by atoms with van der Waals surface area (Å²) in [6.07, 6.45) is 0. The molecule has 4 heteroatoms. The fourth-order valence-corrected chi connectivity index (χ4v) is 1.16. The minimum absolute atomic E-state index is 0.274. The van der Waals surface area contributed by atoms with Crippen molar-refractivity contribution in [2.45, 2.75) is 5.60 Å². The summed E-state index contributed by atoms with van der Waals surface area (Å²) in [6.45, 7) is 3.56. The Balaban J connectivity index is 4.00. The smallest absolute Gasteiger partial charge is 0.255 e. The quantitative estimate of drug-likeness (QED) is 0.430. The summed E-state index contributed by atoms with van der Waals surface area (Å²) in [5.41, 5.74) is 0.790. The molecule has 0 aliphatic rings. The molecule has 0 N–H and O–H groups in total. The number of ether oxygens (including phenoxy) is 3. The second-order valence-electron chi connectivity index (χ2n) is 1.52. The van der Waals surface area contributed by atoms with Gasteiger partial charge in [-0.15, -0.1) is 6.58 Å². The van der Waals surface area contributed by atoms with E-state index in [2.05, 4.69) is 6.58 Å². The summed E-state index contributed by atoms with van der Waals surface area (Å²) in [5, 5.41) is 0. The van der Waals surface area contributed by atoms with E-state index in [-0.39, 0.29) is 9.52 Å². The molecule has 3 nitrogen and oxygen atoms in total. The third-order valence-corrected chi connectivity index (χ3v) is 2.26. The summed E-state index contributed by atoms with van der Waals surface area (Å²) in [4.78, 5) is 0. The van der Waals surface area contributed by atoms with Crippen molar-refractivity contribution in [1.82, 2.24) is 0 Å². The molecule has 0 aliphatic heterocycles. The van der Waals surface area contributed by atoms with Gasteiger partial charge >= 0.3 is 0 Å². The predicted octanol–water partition coefficient (Wildman–Crippen LogP) is 0.385. The van der Waals surface area contributed by atoms with E-state index in [1.54, 1.807) is 5.70 Å². The molecule has 0 bridgehead atoms. The van der Waals surface area contributed by atoms with E-state index in [1.165, 1.54) is 21.3 Å². The zero-order chi connectivity index (χ0) is 8.04. The fraction of sp³-hybridized carbons (Fsp3) is 0.667. The van der Waals surface area contributed by atoms with Gasteiger partial charge < -0.3 is 14.2 Å². The van der Waals surface area contributed by atoms with Crippen LogP contribution in [0.5, 0.6) is 0 Å². The molecule has 58 valence electrons. The minimum atomic E-state index is -0.915. The first-order valence-electron chi connectivity index (χ1n) is 2.78. The Kier molecular flexibility index (Phi) is 4.55. The van der Waals surface area contributed by atoms with Crippen molar-refractivity contribution in [1.29, 1.82) is 0 Å². The molecule has 0 atom stereocenters. The second kappa shape index (κ2) is 4.62. The molecule has 0 aromatic heterocycles. The number of hydrogen-bond donors (Lipinski definition) is 0. The van der Waals surface area contributed by atoms with Crippen molar-refractivity contribution in [2.75, 3.05) is 21.3 Å². The first-order chi connectivity index (χ1) is 4.74. The average molecular weight is 160 g/mol. The van der Waals surface area contributed by atoms with Crippen molar-refractivity contribution < 1.29 is 14.2 Å². The molecule has 0 unspecified atom stereocenters. The molecule has 0 amide bonds. The number of rotatable bonds is 5. The summed E-state index contributed by atoms with van der Waals surface area (Å²) in [6, 6.07) is 0. The Morgan fingerprint density at radius 3 is 1.70 bits per heavy atom. The van der Waals surface area contributed by atoms with E-state index in [4.69, 9.17) is 14.2 Å². The molecular weight excluding hydrogens is 148 g/mol. The van der Waals surface area contributed by atoms with Crippen LogP contribution >= 0.6 is 0 Å². The van der Waals surface area contributed by atoms with Gasteiger partial charge in [0, 0.05) is 21.3 Å². The zero-order valence-electron chi connectivity index (χ0n) is 6.51. The summed E-state index contributed by atoms with van der Waals surface area (Å²) < 4.78 is 14.9. The van der Waals surface area contributed by atoms with Crippen LogP contribution in [0.2, 0.25) is 0 Å². The van der Waals surface area contributed by atoms with Gasteiger partial charge in [-0.25, -0.2) is 0 Å². The molecule has 2 radical (unpaired) electrons. The van der Waals surface area contributed by atoms with Crippen LogP contribution in [-0.2, 0) is 14.2 Å². The van der Waals surface area contributed by atoms with Gasteiger partial charge in [0.2, 0.25) is 0 Å². The fourth-order valence-electron chi connectivity index (χ4n) is 0.552. The van der Waals surface area contributed by atoms with Gasteiger partial charge in [-0.2, -0.15) is 0 Å². The van der Waals surface area contributed by atoms with E-state index in [0.29, 0.717) is 0 Å². The molecule has 10 heavy (non-hydrogen) atoms. The van der Waals surface area contributed by atoms with Crippen LogP contribution in [0, 0.1) is 0 Å². The third kappa shape index (κ3) is 2.22. The van der Waals surface area contributed by atoms with Crippen molar-refractivity contribution in [3.8, 4) is 0 Å². The van der Waals surface area contributed by atoms with Crippen LogP contribution < -0.4 is 0 Å². The molecule has 0 aromatic rings. The Morgan fingerprint density at radius 1 is 1.20 bits per heavy atom. The Hall–Kier alpha value is -0.163. The summed E-state index contributed by atoms with van der Waals surface area (Å²) in [5.74, 6) is 0. The Bertz CT molecular complexity index is 92.9.